The lowest BCUT2D eigenvalue weighted by Crippen LogP contribution is -2.43. The Bertz CT molecular complexity index is 839. The molecule has 1 unspecified atom stereocenters. The fraction of sp³-hybridized carbons (Fsp3) is 0.500. The summed E-state index contributed by atoms with van der Waals surface area (Å²) < 4.78 is 27.1. The first-order valence-electron chi connectivity index (χ1n) is 8.21. The summed E-state index contributed by atoms with van der Waals surface area (Å²) in [6.45, 7) is 1.53. The number of aromatic amines is 1. The number of nitrogens with zero attached hydrogens (tertiary/aromatic N) is 2. The van der Waals surface area contributed by atoms with Crippen LogP contribution in [0, 0.1) is 5.92 Å². The highest BCUT2D eigenvalue weighted by Gasteiger charge is 2.61. The molecule has 0 bridgehead atoms. The van der Waals surface area contributed by atoms with Gasteiger partial charge in [-0.15, -0.1) is 0 Å². The van der Waals surface area contributed by atoms with E-state index in [-0.39, 0.29) is 6.04 Å². The van der Waals surface area contributed by atoms with Crippen molar-refractivity contribution in [2.45, 2.75) is 31.2 Å². The van der Waals surface area contributed by atoms with Crippen molar-refractivity contribution in [1.82, 2.24) is 9.97 Å². The highest BCUT2D eigenvalue weighted by Crippen LogP contribution is 2.49. The molecule has 1 amide bonds. The molecule has 134 valence electrons. The van der Waals surface area contributed by atoms with Crippen LogP contribution in [0.4, 0.5) is 20.2 Å². The monoisotopic (exact) mass is 413 g/mol. The van der Waals surface area contributed by atoms with Gasteiger partial charge in [0, 0.05) is 37.9 Å². The normalized spacial score (nSPS) is 25.2. The standard InChI is InChI=1S/C16H18BrF2N5O/c17-10-5-21-14-12(13(10)24-3-1-2-8(20)7-24)11(6-22-14)23-15(25)9-4-16(9,18)19/h5-6,8-9H,1-4,7,20H2,(H,21,22)(H,23,25)/t8-,9?/m1/s1. The van der Waals surface area contributed by atoms with Gasteiger partial charge in [-0.25, -0.2) is 13.8 Å². The predicted octanol–water partition coefficient (Wildman–Crippen LogP) is 2.85. The average Bonchev–Trinajstić information content (AvgIpc) is 3.02. The number of nitrogens with one attached hydrogen (secondary N) is 2. The summed E-state index contributed by atoms with van der Waals surface area (Å²) in [7, 11) is 0. The number of pyridine rings is 1. The van der Waals surface area contributed by atoms with Gasteiger partial charge in [-0.2, -0.15) is 0 Å². The second kappa shape index (κ2) is 5.91. The zero-order chi connectivity index (χ0) is 17.8. The second-order valence-corrected chi connectivity index (χ2v) is 7.59. The van der Waals surface area contributed by atoms with Crippen molar-refractivity contribution in [3.05, 3.63) is 16.9 Å². The van der Waals surface area contributed by atoms with Gasteiger partial charge in [0.1, 0.15) is 11.6 Å². The van der Waals surface area contributed by atoms with E-state index in [2.05, 4.69) is 36.1 Å². The third-order valence-corrected chi connectivity index (χ3v) is 5.38. The number of halogens is 3. The lowest BCUT2D eigenvalue weighted by atomic mass is 10.1. The quantitative estimate of drug-likeness (QED) is 0.721. The van der Waals surface area contributed by atoms with Crippen molar-refractivity contribution in [2.75, 3.05) is 23.3 Å². The molecule has 0 radical (unpaired) electrons. The molecule has 1 aliphatic carbocycles. The second-order valence-electron chi connectivity index (χ2n) is 6.74. The van der Waals surface area contributed by atoms with Crippen LogP contribution < -0.4 is 16.0 Å². The molecule has 2 aromatic heterocycles. The Labute approximate surface area is 151 Å². The number of carbonyl (C=O) groups excluding carboxylic acids is 1. The Morgan fingerprint density at radius 2 is 2.28 bits per heavy atom. The number of anilines is 2. The molecule has 2 fully saturated rings. The van der Waals surface area contributed by atoms with E-state index < -0.39 is 24.2 Å². The third-order valence-electron chi connectivity index (χ3n) is 4.80. The number of fused-ring (bicyclic) bond motifs is 1. The number of hydrogen-bond donors (Lipinski definition) is 3. The van der Waals surface area contributed by atoms with E-state index in [1.807, 2.05) is 0 Å². The number of amides is 1. The molecule has 3 heterocycles. The van der Waals surface area contributed by atoms with E-state index in [0.717, 1.165) is 29.5 Å². The number of aromatic nitrogens is 2. The number of H-pyrrole nitrogens is 1. The van der Waals surface area contributed by atoms with Crippen molar-refractivity contribution in [3.8, 4) is 0 Å². The van der Waals surface area contributed by atoms with Crippen molar-refractivity contribution in [2.24, 2.45) is 11.7 Å². The molecule has 6 nitrogen and oxygen atoms in total. The summed E-state index contributed by atoms with van der Waals surface area (Å²) in [6.07, 6.45) is 4.83. The summed E-state index contributed by atoms with van der Waals surface area (Å²) in [6, 6.07) is 0.0750. The van der Waals surface area contributed by atoms with Gasteiger partial charge in [0.25, 0.3) is 5.92 Å². The first-order chi connectivity index (χ1) is 11.9. The van der Waals surface area contributed by atoms with Gasteiger partial charge in [0.05, 0.1) is 21.2 Å². The number of carbonyl (C=O) groups is 1. The minimum atomic E-state index is -2.89. The van der Waals surface area contributed by atoms with E-state index in [4.69, 9.17) is 5.73 Å². The smallest absolute Gasteiger partial charge is 0.260 e. The molecule has 0 spiro atoms. The number of rotatable bonds is 3. The molecular weight excluding hydrogens is 396 g/mol. The van der Waals surface area contributed by atoms with Gasteiger partial charge in [-0.05, 0) is 28.8 Å². The van der Waals surface area contributed by atoms with Gasteiger partial charge in [0.15, 0.2) is 0 Å². The zero-order valence-corrected chi connectivity index (χ0v) is 14.9. The summed E-state index contributed by atoms with van der Waals surface area (Å²) in [5.74, 6) is -4.80. The minimum absolute atomic E-state index is 0.0750. The number of alkyl halides is 2. The lowest BCUT2D eigenvalue weighted by molar-refractivity contribution is -0.119. The molecule has 1 saturated heterocycles. The Morgan fingerprint density at radius 1 is 1.52 bits per heavy atom. The SMILES string of the molecule is N[C@@H]1CCCN(c2c(Br)cnc3[nH]cc(NC(=O)C4CC4(F)F)c23)C1. The first-order valence-corrected chi connectivity index (χ1v) is 9.01. The largest absolute Gasteiger partial charge is 0.368 e. The molecule has 1 aliphatic heterocycles. The maximum Gasteiger partial charge on any atom is 0.260 e. The van der Waals surface area contributed by atoms with Crippen LogP contribution in [0.5, 0.6) is 0 Å². The maximum atomic E-state index is 13.2. The van der Waals surface area contributed by atoms with Crippen molar-refractivity contribution in [1.29, 1.82) is 0 Å². The molecule has 2 aliphatic rings. The van der Waals surface area contributed by atoms with E-state index in [1.165, 1.54) is 0 Å². The van der Waals surface area contributed by atoms with Crippen LogP contribution in [0.15, 0.2) is 16.9 Å². The van der Waals surface area contributed by atoms with Crippen molar-refractivity contribution < 1.29 is 13.6 Å². The first kappa shape index (κ1) is 16.7. The van der Waals surface area contributed by atoms with Crippen LogP contribution in [0.1, 0.15) is 19.3 Å². The molecule has 2 aromatic rings. The van der Waals surface area contributed by atoms with Crippen molar-refractivity contribution >= 4 is 44.2 Å². The van der Waals surface area contributed by atoms with E-state index in [9.17, 15) is 13.6 Å². The Hall–Kier alpha value is -1.74. The average molecular weight is 414 g/mol. The zero-order valence-electron chi connectivity index (χ0n) is 13.4. The topological polar surface area (TPSA) is 87.0 Å². The molecule has 1 saturated carbocycles. The molecule has 25 heavy (non-hydrogen) atoms. The van der Waals surface area contributed by atoms with Gasteiger partial charge in [-0.3, -0.25) is 4.79 Å². The van der Waals surface area contributed by atoms with Crippen LogP contribution in [-0.2, 0) is 4.79 Å². The summed E-state index contributed by atoms with van der Waals surface area (Å²) in [5, 5.41) is 3.34. The van der Waals surface area contributed by atoms with E-state index in [0.29, 0.717) is 23.3 Å². The van der Waals surface area contributed by atoms with Crippen molar-refractivity contribution in [3.63, 3.8) is 0 Å². The van der Waals surface area contributed by atoms with Crippen LogP contribution >= 0.6 is 15.9 Å². The van der Waals surface area contributed by atoms with E-state index in [1.54, 1.807) is 12.4 Å². The maximum absolute atomic E-state index is 13.2. The highest BCUT2D eigenvalue weighted by molar-refractivity contribution is 9.10. The molecule has 9 heteroatoms. The summed E-state index contributed by atoms with van der Waals surface area (Å²) in [4.78, 5) is 21.5. The fourth-order valence-corrected chi connectivity index (χ4v) is 3.95. The van der Waals surface area contributed by atoms with Crippen LogP contribution in [0.2, 0.25) is 0 Å². The van der Waals surface area contributed by atoms with Gasteiger partial charge in [-0.1, -0.05) is 0 Å². The van der Waals surface area contributed by atoms with Crippen LogP contribution in [-0.4, -0.2) is 40.9 Å². The van der Waals surface area contributed by atoms with Gasteiger partial charge < -0.3 is 20.9 Å². The predicted molar refractivity (Wildman–Crippen MR) is 94.9 cm³/mol. The molecular formula is C16H18BrF2N5O. The molecule has 2 atom stereocenters. The fourth-order valence-electron chi connectivity index (χ4n) is 3.39. The number of piperidine rings is 1. The molecule has 4 N–H and O–H groups in total. The minimum Gasteiger partial charge on any atom is -0.368 e. The Morgan fingerprint density at radius 3 is 2.96 bits per heavy atom. The Kier molecular flexibility index (Phi) is 3.95. The third kappa shape index (κ3) is 2.99. The van der Waals surface area contributed by atoms with Gasteiger partial charge >= 0.3 is 0 Å². The van der Waals surface area contributed by atoms with Crippen LogP contribution in [0.25, 0.3) is 11.0 Å². The summed E-state index contributed by atoms with van der Waals surface area (Å²) >= 11 is 3.53. The highest BCUT2D eigenvalue weighted by atomic mass is 79.9. The lowest BCUT2D eigenvalue weighted by Gasteiger charge is -2.33. The molecule has 4 rings (SSSR count). The Balaban J connectivity index is 1.71. The number of nitrogens with two attached hydrogens (primary N) is 1. The van der Waals surface area contributed by atoms with Gasteiger partial charge in [0.2, 0.25) is 5.91 Å². The van der Waals surface area contributed by atoms with E-state index >= 15 is 0 Å². The van der Waals surface area contributed by atoms with Crippen LogP contribution in [0.3, 0.4) is 0 Å². The number of hydrogen-bond acceptors (Lipinski definition) is 4. The molecule has 0 aromatic carbocycles. The summed E-state index contributed by atoms with van der Waals surface area (Å²) in [5.41, 5.74) is 8.03.